The third-order valence-corrected chi connectivity index (χ3v) is 4.34. The summed E-state index contributed by atoms with van der Waals surface area (Å²) in [4.78, 5) is 21.4. The number of carbonyl (C=O) groups is 1. The minimum absolute atomic E-state index is 0.0270. The molecule has 3 aromatic carbocycles. The zero-order valence-corrected chi connectivity index (χ0v) is 15.9. The summed E-state index contributed by atoms with van der Waals surface area (Å²) in [5.41, 5.74) is 5.60. The summed E-state index contributed by atoms with van der Waals surface area (Å²) in [6, 6.07) is 27.1. The molecule has 4 aromatic rings. The Morgan fingerprint density at radius 3 is 1.90 bits per heavy atom. The van der Waals surface area contributed by atoms with E-state index in [1.165, 1.54) is 12.3 Å². The number of rotatable bonds is 5. The molecule has 1 amide bonds. The van der Waals surface area contributed by atoms with Crippen LogP contribution in [0.4, 0.5) is 4.39 Å². The fourth-order valence-electron chi connectivity index (χ4n) is 2.85. The van der Waals surface area contributed by atoms with Gasteiger partial charge in [0.15, 0.2) is 0 Å². The number of nitrogens with one attached hydrogen (secondary N) is 1. The van der Waals surface area contributed by atoms with E-state index >= 15 is 0 Å². The molecule has 0 spiro atoms. The lowest BCUT2D eigenvalue weighted by Crippen LogP contribution is -2.21. The van der Waals surface area contributed by atoms with Gasteiger partial charge in [0, 0.05) is 16.7 Å². The molecule has 30 heavy (non-hydrogen) atoms. The molecular weight excluding hydrogens is 379 g/mol. The van der Waals surface area contributed by atoms with Gasteiger partial charge in [-0.1, -0.05) is 78.9 Å². The number of hydrogen-bond donors (Lipinski definition) is 1. The zero-order chi connectivity index (χ0) is 20.8. The van der Waals surface area contributed by atoms with Crippen LogP contribution in [0, 0.1) is 5.82 Å². The number of halogens is 1. The first kappa shape index (κ1) is 19.1. The summed E-state index contributed by atoms with van der Waals surface area (Å²) >= 11 is 0. The first-order valence-corrected chi connectivity index (χ1v) is 9.28. The van der Waals surface area contributed by atoms with Crippen LogP contribution < -0.4 is 5.43 Å². The second-order valence-corrected chi connectivity index (χ2v) is 6.41. The number of hydrazone groups is 1. The highest BCUT2D eigenvalue weighted by molar-refractivity contribution is 5.92. The van der Waals surface area contributed by atoms with Crippen molar-refractivity contribution in [2.45, 2.75) is 0 Å². The quantitative estimate of drug-likeness (QED) is 0.392. The highest BCUT2D eigenvalue weighted by Gasteiger charge is 2.14. The average Bonchev–Trinajstić information content (AvgIpc) is 2.81. The van der Waals surface area contributed by atoms with Gasteiger partial charge >= 0.3 is 5.91 Å². The standard InChI is InChI=1S/C24H17FN4O/c25-20-14-8-7-13-19(20)16-26-29-24(30)23-27-21(17-9-3-1-4-10-17)15-22(28-23)18-11-5-2-6-12-18/h1-16H,(H,29,30). The van der Waals surface area contributed by atoms with Crippen LogP contribution >= 0.6 is 0 Å². The van der Waals surface area contributed by atoms with Gasteiger partial charge in [0.1, 0.15) is 5.82 Å². The predicted molar refractivity (Wildman–Crippen MR) is 114 cm³/mol. The van der Waals surface area contributed by atoms with E-state index in [1.807, 2.05) is 66.7 Å². The molecule has 0 fully saturated rings. The number of aromatic nitrogens is 2. The molecule has 0 saturated carbocycles. The van der Waals surface area contributed by atoms with Gasteiger partial charge in [-0.05, 0) is 12.1 Å². The third kappa shape index (κ3) is 4.44. The number of amides is 1. The molecule has 1 aromatic heterocycles. The average molecular weight is 396 g/mol. The minimum atomic E-state index is -0.586. The Bertz CT molecular complexity index is 1140. The molecule has 0 radical (unpaired) electrons. The molecule has 0 aliphatic rings. The van der Waals surface area contributed by atoms with Crippen molar-refractivity contribution < 1.29 is 9.18 Å². The molecule has 1 N–H and O–H groups in total. The Morgan fingerprint density at radius 2 is 1.33 bits per heavy atom. The molecule has 0 bridgehead atoms. The van der Waals surface area contributed by atoms with E-state index in [0.29, 0.717) is 11.4 Å². The lowest BCUT2D eigenvalue weighted by atomic mass is 10.1. The number of nitrogens with zero attached hydrogens (tertiary/aromatic N) is 3. The molecule has 5 nitrogen and oxygen atoms in total. The molecule has 0 saturated heterocycles. The van der Waals surface area contributed by atoms with Crippen molar-refractivity contribution in [2.75, 3.05) is 0 Å². The van der Waals surface area contributed by atoms with Gasteiger partial charge in [-0.3, -0.25) is 4.79 Å². The maximum atomic E-state index is 13.7. The summed E-state index contributed by atoms with van der Waals surface area (Å²) in [6.07, 6.45) is 1.24. The van der Waals surface area contributed by atoms with Crippen LogP contribution in [0.5, 0.6) is 0 Å². The van der Waals surface area contributed by atoms with Crippen LogP contribution in [0.25, 0.3) is 22.5 Å². The van der Waals surface area contributed by atoms with E-state index in [9.17, 15) is 9.18 Å². The first-order valence-electron chi connectivity index (χ1n) is 9.28. The Hall–Kier alpha value is -4.19. The van der Waals surface area contributed by atoms with Crippen LogP contribution in [0.3, 0.4) is 0 Å². The van der Waals surface area contributed by atoms with Gasteiger partial charge in [0.25, 0.3) is 0 Å². The van der Waals surface area contributed by atoms with Crippen molar-refractivity contribution >= 4 is 12.1 Å². The molecule has 0 unspecified atom stereocenters. The smallest absolute Gasteiger partial charge is 0.264 e. The second-order valence-electron chi connectivity index (χ2n) is 6.41. The fraction of sp³-hybridized carbons (Fsp3) is 0. The molecule has 0 aliphatic heterocycles. The van der Waals surface area contributed by atoms with Crippen LogP contribution in [0.15, 0.2) is 96.1 Å². The SMILES string of the molecule is O=C(NN=Cc1ccccc1F)c1nc(-c2ccccc2)cc(-c2ccccc2)n1. The summed E-state index contributed by atoms with van der Waals surface area (Å²) in [6.45, 7) is 0. The lowest BCUT2D eigenvalue weighted by molar-refractivity contribution is 0.0945. The summed E-state index contributed by atoms with van der Waals surface area (Å²) in [5, 5.41) is 3.84. The molecule has 6 heteroatoms. The predicted octanol–water partition coefficient (Wildman–Crippen LogP) is 4.71. The van der Waals surface area contributed by atoms with Crippen molar-refractivity contribution in [1.82, 2.24) is 15.4 Å². The van der Waals surface area contributed by atoms with Crippen molar-refractivity contribution in [3.8, 4) is 22.5 Å². The molecular formula is C24H17FN4O. The normalized spacial score (nSPS) is 10.8. The Labute approximate surface area is 173 Å². The van der Waals surface area contributed by atoms with Crippen molar-refractivity contribution in [1.29, 1.82) is 0 Å². The number of benzene rings is 3. The molecule has 146 valence electrons. The second kappa shape index (κ2) is 8.87. The molecule has 0 aliphatic carbocycles. The Kier molecular flexibility index (Phi) is 5.66. The fourth-order valence-corrected chi connectivity index (χ4v) is 2.85. The van der Waals surface area contributed by atoms with Crippen molar-refractivity contribution in [2.24, 2.45) is 5.10 Å². The monoisotopic (exact) mass is 396 g/mol. The highest BCUT2D eigenvalue weighted by atomic mass is 19.1. The maximum Gasteiger partial charge on any atom is 0.309 e. The van der Waals surface area contributed by atoms with Crippen LogP contribution in [0.2, 0.25) is 0 Å². The first-order chi connectivity index (χ1) is 14.7. The van der Waals surface area contributed by atoms with E-state index in [1.54, 1.807) is 18.2 Å². The maximum absolute atomic E-state index is 13.7. The summed E-state index contributed by atoms with van der Waals surface area (Å²) in [5.74, 6) is -1.04. The Morgan fingerprint density at radius 1 is 0.800 bits per heavy atom. The summed E-state index contributed by atoms with van der Waals surface area (Å²) in [7, 11) is 0. The van der Waals surface area contributed by atoms with Gasteiger partial charge in [0.05, 0.1) is 17.6 Å². The zero-order valence-electron chi connectivity index (χ0n) is 15.9. The topological polar surface area (TPSA) is 67.2 Å². The van der Waals surface area contributed by atoms with Gasteiger partial charge in [-0.25, -0.2) is 19.8 Å². The van der Waals surface area contributed by atoms with Gasteiger partial charge in [0.2, 0.25) is 5.82 Å². The minimum Gasteiger partial charge on any atom is -0.264 e. The number of hydrogen-bond acceptors (Lipinski definition) is 4. The van der Waals surface area contributed by atoms with Gasteiger partial charge in [-0.2, -0.15) is 5.10 Å². The van der Waals surface area contributed by atoms with Crippen LogP contribution in [0.1, 0.15) is 16.2 Å². The van der Waals surface area contributed by atoms with E-state index in [0.717, 1.165) is 11.1 Å². The Balaban J connectivity index is 1.66. The van der Waals surface area contributed by atoms with Gasteiger partial charge in [-0.15, -0.1) is 0 Å². The lowest BCUT2D eigenvalue weighted by Gasteiger charge is -2.08. The van der Waals surface area contributed by atoms with Crippen LogP contribution in [-0.4, -0.2) is 22.1 Å². The largest absolute Gasteiger partial charge is 0.309 e. The van der Waals surface area contributed by atoms with Crippen molar-refractivity contribution in [3.05, 3.63) is 108 Å². The molecule has 0 atom stereocenters. The third-order valence-electron chi connectivity index (χ3n) is 4.34. The van der Waals surface area contributed by atoms with E-state index in [-0.39, 0.29) is 11.4 Å². The van der Waals surface area contributed by atoms with Crippen LogP contribution in [-0.2, 0) is 0 Å². The van der Waals surface area contributed by atoms with E-state index < -0.39 is 11.7 Å². The summed E-state index contributed by atoms with van der Waals surface area (Å²) < 4.78 is 13.7. The van der Waals surface area contributed by atoms with E-state index in [2.05, 4.69) is 20.5 Å². The van der Waals surface area contributed by atoms with Crippen molar-refractivity contribution in [3.63, 3.8) is 0 Å². The number of carbonyl (C=O) groups excluding carboxylic acids is 1. The molecule has 4 rings (SSSR count). The van der Waals surface area contributed by atoms with Gasteiger partial charge < -0.3 is 0 Å². The highest BCUT2D eigenvalue weighted by Crippen LogP contribution is 2.23. The van der Waals surface area contributed by atoms with E-state index in [4.69, 9.17) is 0 Å². The molecule has 1 heterocycles.